The highest BCUT2D eigenvalue weighted by Gasteiger charge is 2.15. The molecule has 8 heteroatoms. The second kappa shape index (κ2) is 8.09. The summed E-state index contributed by atoms with van der Waals surface area (Å²) >= 11 is 6.15. The fourth-order valence-corrected chi connectivity index (χ4v) is 2.85. The Kier molecular flexibility index (Phi) is 5.61. The van der Waals surface area contributed by atoms with Gasteiger partial charge in [0.2, 0.25) is 5.95 Å². The molecular formula is C19H18ClN3O4. The Hall–Kier alpha value is -3.06. The Bertz CT molecular complexity index is 994. The van der Waals surface area contributed by atoms with E-state index >= 15 is 0 Å². The van der Waals surface area contributed by atoms with E-state index in [0.717, 1.165) is 5.39 Å². The van der Waals surface area contributed by atoms with Gasteiger partial charge in [0.05, 0.1) is 24.9 Å². The Labute approximate surface area is 160 Å². The van der Waals surface area contributed by atoms with Gasteiger partial charge in [-0.1, -0.05) is 11.6 Å². The average molecular weight is 388 g/mol. The van der Waals surface area contributed by atoms with Crippen LogP contribution in [0.25, 0.3) is 22.2 Å². The van der Waals surface area contributed by atoms with Crippen molar-refractivity contribution in [1.82, 2.24) is 9.97 Å². The molecule has 27 heavy (non-hydrogen) atoms. The van der Waals surface area contributed by atoms with E-state index in [1.165, 1.54) is 0 Å². The van der Waals surface area contributed by atoms with Gasteiger partial charge < -0.3 is 20.3 Å². The number of nitrogens with zero attached hydrogens (tertiary/aromatic N) is 2. The quantitative estimate of drug-likeness (QED) is 0.594. The number of nitrogen functional groups attached to an aromatic ring is 1. The molecule has 7 nitrogen and oxygen atoms in total. The predicted octanol–water partition coefficient (Wildman–Crippen LogP) is 3.78. The summed E-state index contributed by atoms with van der Waals surface area (Å²) in [6, 6.07) is 10.6. The van der Waals surface area contributed by atoms with Crippen molar-refractivity contribution < 1.29 is 19.4 Å². The molecule has 0 saturated carbocycles. The Balaban J connectivity index is 2.08. The molecule has 0 aliphatic carbocycles. The number of fused-ring (bicyclic) bond motifs is 1. The third-order valence-electron chi connectivity index (χ3n) is 3.91. The molecule has 2 aromatic carbocycles. The van der Waals surface area contributed by atoms with Crippen molar-refractivity contribution >= 4 is 34.4 Å². The lowest BCUT2D eigenvalue weighted by atomic mass is 10.0. The highest BCUT2D eigenvalue weighted by Crippen LogP contribution is 2.37. The van der Waals surface area contributed by atoms with Crippen LogP contribution in [-0.4, -0.2) is 34.8 Å². The van der Waals surface area contributed by atoms with E-state index in [-0.39, 0.29) is 19.0 Å². The molecule has 0 fully saturated rings. The fraction of sp³-hybridized carbons (Fsp3) is 0.211. The zero-order valence-corrected chi connectivity index (χ0v) is 15.4. The summed E-state index contributed by atoms with van der Waals surface area (Å²) in [6.07, 6.45) is 0.420. The Morgan fingerprint density at radius 1 is 1.22 bits per heavy atom. The largest absolute Gasteiger partial charge is 0.497 e. The SMILES string of the molecule is COc1ccc(OCCCC(=O)O)c(-c2nc(N)nc3ccc(Cl)cc23)c1. The maximum absolute atomic E-state index is 10.7. The molecule has 1 heterocycles. The zero-order chi connectivity index (χ0) is 19.4. The third-order valence-corrected chi connectivity index (χ3v) is 4.14. The lowest BCUT2D eigenvalue weighted by Crippen LogP contribution is -2.04. The molecule has 0 unspecified atom stereocenters. The molecule has 0 spiro atoms. The van der Waals surface area contributed by atoms with E-state index < -0.39 is 5.97 Å². The van der Waals surface area contributed by atoms with Crippen molar-refractivity contribution in [3.63, 3.8) is 0 Å². The standard InChI is InChI=1S/C19H18ClN3O4/c1-26-12-5-7-16(27-8-2-3-17(24)25)14(10-12)18-13-9-11(20)4-6-15(13)22-19(21)23-18/h4-7,9-10H,2-3,8H2,1H3,(H,24,25)(H2,21,22,23). The van der Waals surface area contributed by atoms with Crippen LogP contribution in [-0.2, 0) is 4.79 Å². The van der Waals surface area contributed by atoms with Gasteiger partial charge >= 0.3 is 5.97 Å². The van der Waals surface area contributed by atoms with Crippen molar-refractivity contribution in [2.45, 2.75) is 12.8 Å². The number of carboxylic acid groups (broad SMARTS) is 1. The number of aliphatic carboxylic acids is 1. The zero-order valence-electron chi connectivity index (χ0n) is 14.6. The maximum atomic E-state index is 10.7. The smallest absolute Gasteiger partial charge is 0.303 e. The highest BCUT2D eigenvalue weighted by atomic mass is 35.5. The van der Waals surface area contributed by atoms with Crippen LogP contribution >= 0.6 is 11.6 Å². The van der Waals surface area contributed by atoms with Gasteiger partial charge in [0.25, 0.3) is 0 Å². The Morgan fingerprint density at radius 3 is 2.78 bits per heavy atom. The second-order valence-electron chi connectivity index (χ2n) is 5.80. The van der Waals surface area contributed by atoms with Crippen LogP contribution in [0.15, 0.2) is 36.4 Å². The molecule has 140 valence electrons. The number of halogens is 1. The Morgan fingerprint density at radius 2 is 2.04 bits per heavy atom. The van der Waals surface area contributed by atoms with Gasteiger partial charge in [-0.25, -0.2) is 9.97 Å². The van der Waals surface area contributed by atoms with E-state index in [0.29, 0.717) is 39.7 Å². The van der Waals surface area contributed by atoms with Crippen LogP contribution in [0.2, 0.25) is 5.02 Å². The molecule has 0 atom stereocenters. The maximum Gasteiger partial charge on any atom is 0.303 e. The molecule has 0 aliphatic rings. The number of carboxylic acids is 1. The number of aromatic nitrogens is 2. The first-order valence-electron chi connectivity index (χ1n) is 8.23. The van der Waals surface area contributed by atoms with Gasteiger partial charge in [-0.05, 0) is 42.8 Å². The molecule has 1 aromatic heterocycles. The summed E-state index contributed by atoms with van der Waals surface area (Å²) < 4.78 is 11.1. The van der Waals surface area contributed by atoms with E-state index in [4.69, 9.17) is 31.9 Å². The van der Waals surface area contributed by atoms with Gasteiger partial charge in [-0.2, -0.15) is 0 Å². The van der Waals surface area contributed by atoms with Crippen LogP contribution in [0.4, 0.5) is 5.95 Å². The minimum atomic E-state index is -0.863. The first-order chi connectivity index (χ1) is 13.0. The molecule has 0 bridgehead atoms. The minimum absolute atomic E-state index is 0.0322. The molecular weight excluding hydrogens is 370 g/mol. The monoisotopic (exact) mass is 387 g/mol. The number of carbonyl (C=O) groups is 1. The lowest BCUT2D eigenvalue weighted by molar-refractivity contribution is -0.137. The number of hydrogen-bond acceptors (Lipinski definition) is 6. The first kappa shape index (κ1) is 18.7. The summed E-state index contributed by atoms with van der Waals surface area (Å²) in [4.78, 5) is 19.3. The van der Waals surface area contributed by atoms with Crippen molar-refractivity contribution in [2.24, 2.45) is 0 Å². The van der Waals surface area contributed by atoms with Crippen molar-refractivity contribution in [2.75, 3.05) is 19.5 Å². The summed E-state index contributed by atoms with van der Waals surface area (Å²) in [7, 11) is 1.57. The van der Waals surface area contributed by atoms with Crippen molar-refractivity contribution in [1.29, 1.82) is 0 Å². The van der Waals surface area contributed by atoms with E-state index in [2.05, 4.69) is 9.97 Å². The van der Waals surface area contributed by atoms with Gasteiger partial charge in [0.1, 0.15) is 11.5 Å². The van der Waals surface area contributed by atoms with Gasteiger partial charge in [0, 0.05) is 22.4 Å². The number of methoxy groups -OCH3 is 1. The molecule has 3 aromatic rings. The summed E-state index contributed by atoms with van der Waals surface area (Å²) in [5.41, 5.74) is 7.76. The topological polar surface area (TPSA) is 108 Å². The lowest BCUT2D eigenvalue weighted by Gasteiger charge is -2.14. The molecule has 3 N–H and O–H groups in total. The molecule has 0 aliphatic heterocycles. The van der Waals surface area contributed by atoms with Crippen LogP contribution in [0.1, 0.15) is 12.8 Å². The third kappa shape index (κ3) is 4.38. The van der Waals surface area contributed by atoms with Crippen molar-refractivity contribution in [3.8, 4) is 22.8 Å². The van der Waals surface area contributed by atoms with Gasteiger partial charge in [-0.15, -0.1) is 0 Å². The number of benzene rings is 2. The van der Waals surface area contributed by atoms with E-state index in [1.807, 2.05) is 0 Å². The fourth-order valence-electron chi connectivity index (χ4n) is 2.68. The second-order valence-corrected chi connectivity index (χ2v) is 6.24. The average Bonchev–Trinajstić information content (AvgIpc) is 2.65. The molecule has 0 amide bonds. The number of rotatable bonds is 7. The van der Waals surface area contributed by atoms with Crippen LogP contribution in [0.3, 0.4) is 0 Å². The predicted molar refractivity (Wildman–Crippen MR) is 103 cm³/mol. The number of ether oxygens (including phenoxy) is 2. The summed E-state index contributed by atoms with van der Waals surface area (Å²) in [5.74, 6) is 0.424. The van der Waals surface area contributed by atoms with Gasteiger partial charge in [0.15, 0.2) is 0 Å². The molecule has 0 saturated heterocycles. The van der Waals surface area contributed by atoms with E-state index in [9.17, 15) is 4.79 Å². The first-order valence-corrected chi connectivity index (χ1v) is 8.61. The van der Waals surface area contributed by atoms with Crippen LogP contribution < -0.4 is 15.2 Å². The highest BCUT2D eigenvalue weighted by molar-refractivity contribution is 6.31. The molecule has 3 rings (SSSR count). The van der Waals surface area contributed by atoms with Crippen molar-refractivity contribution in [3.05, 3.63) is 41.4 Å². The number of anilines is 1. The number of hydrogen-bond donors (Lipinski definition) is 2. The number of nitrogens with two attached hydrogens (primary N) is 1. The van der Waals surface area contributed by atoms with Gasteiger partial charge in [-0.3, -0.25) is 4.79 Å². The van der Waals surface area contributed by atoms with E-state index in [1.54, 1.807) is 43.5 Å². The molecule has 0 radical (unpaired) electrons. The summed E-state index contributed by atoms with van der Waals surface area (Å²) in [5, 5.41) is 10.0. The minimum Gasteiger partial charge on any atom is -0.497 e. The summed E-state index contributed by atoms with van der Waals surface area (Å²) in [6.45, 7) is 0.255. The van der Waals surface area contributed by atoms with Crippen LogP contribution in [0.5, 0.6) is 11.5 Å². The van der Waals surface area contributed by atoms with Crippen LogP contribution in [0, 0.1) is 0 Å². The normalized spacial score (nSPS) is 10.7.